The summed E-state index contributed by atoms with van der Waals surface area (Å²) in [6.07, 6.45) is 3.15. The minimum absolute atomic E-state index is 0.000764. The topological polar surface area (TPSA) is 38.5 Å². The fourth-order valence-electron chi connectivity index (χ4n) is 2.72. The summed E-state index contributed by atoms with van der Waals surface area (Å²) in [5.74, 6) is 0. The monoisotopic (exact) mass is 228 g/mol. The third-order valence-corrected chi connectivity index (χ3v) is 4.37. The average Bonchev–Trinajstić information content (AvgIpc) is 2.27. The number of nitrogens with two attached hydrogens (primary N) is 1. The van der Waals surface area contributed by atoms with Crippen molar-refractivity contribution in [3.63, 3.8) is 0 Å². The van der Waals surface area contributed by atoms with Crippen molar-refractivity contribution in [1.29, 1.82) is 0 Å². The van der Waals surface area contributed by atoms with E-state index in [0.29, 0.717) is 6.04 Å². The Labute approximate surface area is 100 Å². The highest BCUT2D eigenvalue weighted by atomic mass is 16.5. The molecule has 0 aromatic heterocycles. The molecule has 1 saturated heterocycles. The molecule has 1 fully saturated rings. The molecular formula is C13H28N2O. The molecule has 0 aromatic rings. The maximum Gasteiger partial charge on any atom is 0.0670 e. The van der Waals surface area contributed by atoms with Crippen LogP contribution in [0.2, 0.25) is 0 Å². The van der Waals surface area contributed by atoms with Crippen LogP contribution in [0.3, 0.4) is 0 Å². The summed E-state index contributed by atoms with van der Waals surface area (Å²) >= 11 is 0. The van der Waals surface area contributed by atoms with Gasteiger partial charge < -0.3 is 10.5 Å². The van der Waals surface area contributed by atoms with Gasteiger partial charge in [0.1, 0.15) is 0 Å². The van der Waals surface area contributed by atoms with E-state index in [1.54, 1.807) is 0 Å². The number of nitrogens with zero attached hydrogens (tertiary/aromatic N) is 1. The minimum Gasteiger partial charge on any atom is -0.375 e. The second-order valence-corrected chi connectivity index (χ2v) is 5.71. The van der Waals surface area contributed by atoms with Crippen LogP contribution in [0.15, 0.2) is 0 Å². The Bertz CT molecular complexity index is 232. The summed E-state index contributed by atoms with van der Waals surface area (Å²) in [4.78, 5) is 2.43. The average molecular weight is 228 g/mol. The molecule has 96 valence electrons. The lowest BCUT2D eigenvalue weighted by Crippen LogP contribution is -2.61. The van der Waals surface area contributed by atoms with Gasteiger partial charge in [-0.2, -0.15) is 0 Å². The Kier molecular flexibility index (Phi) is 4.38. The summed E-state index contributed by atoms with van der Waals surface area (Å²) < 4.78 is 5.92. The first-order chi connectivity index (χ1) is 7.39. The first-order valence-corrected chi connectivity index (χ1v) is 6.46. The van der Waals surface area contributed by atoms with Crippen LogP contribution in [-0.2, 0) is 4.74 Å². The van der Waals surface area contributed by atoms with E-state index in [0.717, 1.165) is 32.4 Å². The zero-order chi connectivity index (χ0) is 12.4. The molecule has 0 bridgehead atoms. The van der Waals surface area contributed by atoms with Gasteiger partial charge in [0.25, 0.3) is 0 Å². The molecule has 3 heteroatoms. The first kappa shape index (κ1) is 13.9. The maximum atomic E-state index is 6.06. The van der Waals surface area contributed by atoms with E-state index in [4.69, 9.17) is 10.5 Å². The quantitative estimate of drug-likeness (QED) is 0.800. The Balaban J connectivity index is 2.87. The van der Waals surface area contributed by atoms with Gasteiger partial charge in [-0.25, -0.2) is 0 Å². The molecule has 2 atom stereocenters. The first-order valence-electron chi connectivity index (χ1n) is 6.46. The van der Waals surface area contributed by atoms with E-state index >= 15 is 0 Å². The second kappa shape index (κ2) is 5.03. The lowest BCUT2D eigenvalue weighted by Gasteiger charge is -2.51. The number of hydrogen-bond acceptors (Lipinski definition) is 3. The van der Waals surface area contributed by atoms with E-state index in [9.17, 15) is 0 Å². The van der Waals surface area contributed by atoms with E-state index in [1.165, 1.54) is 0 Å². The second-order valence-electron chi connectivity index (χ2n) is 5.71. The van der Waals surface area contributed by atoms with Gasteiger partial charge in [0.2, 0.25) is 0 Å². The number of rotatable bonds is 4. The Morgan fingerprint density at radius 2 is 2.06 bits per heavy atom. The number of likely N-dealkylation sites (N-methyl/N-ethyl adjacent to an activating group) is 1. The summed E-state index contributed by atoms with van der Waals surface area (Å²) in [6, 6.07) is 0.530. The van der Waals surface area contributed by atoms with Crippen molar-refractivity contribution in [1.82, 2.24) is 4.90 Å². The zero-order valence-corrected chi connectivity index (χ0v) is 11.5. The van der Waals surface area contributed by atoms with Crippen molar-refractivity contribution in [2.24, 2.45) is 5.73 Å². The lowest BCUT2D eigenvalue weighted by molar-refractivity contribution is -0.129. The molecule has 0 saturated carbocycles. The van der Waals surface area contributed by atoms with E-state index in [1.807, 2.05) is 0 Å². The zero-order valence-electron chi connectivity index (χ0n) is 11.5. The summed E-state index contributed by atoms with van der Waals surface area (Å²) in [5.41, 5.74) is 6.18. The Morgan fingerprint density at radius 3 is 2.50 bits per heavy atom. The van der Waals surface area contributed by atoms with Gasteiger partial charge >= 0.3 is 0 Å². The molecule has 1 aliphatic rings. The summed E-state index contributed by atoms with van der Waals surface area (Å²) in [7, 11) is 2.19. The molecule has 0 radical (unpaired) electrons. The van der Waals surface area contributed by atoms with Crippen LogP contribution >= 0.6 is 0 Å². The summed E-state index contributed by atoms with van der Waals surface area (Å²) in [6.45, 7) is 10.4. The number of ether oxygens (including phenoxy) is 1. The van der Waals surface area contributed by atoms with Gasteiger partial charge in [-0.3, -0.25) is 4.90 Å². The fourth-order valence-corrected chi connectivity index (χ4v) is 2.72. The fraction of sp³-hybridized carbons (Fsp3) is 1.00. The van der Waals surface area contributed by atoms with Crippen LogP contribution in [-0.4, -0.2) is 42.3 Å². The van der Waals surface area contributed by atoms with Crippen molar-refractivity contribution in [2.75, 3.05) is 20.2 Å². The van der Waals surface area contributed by atoms with Gasteiger partial charge in [0.05, 0.1) is 5.60 Å². The predicted octanol–water partition coefficient (Wildman–Crippen LogP) is 2.00. The van der Waals surface area contributed by atoms with Crippen molar-refractivity contribution in [3.8, 4) is 0 Å². The van der Waals surface area contributed by atoms with Crippen LogP contribution in [0.25, 0.3) is 0 Å². The van der Waals surface area contributed by atoms with Crippen molar-refractivity contribution in [3.05, 3.63) is 0 Å². The molecule has 1 aliphatic heterocycles. The molecule has 0 amide bonds. The normalized spacial score (nSPS) is 36.0. The lowest BCUT2D eigenvalue weighted by atomic mass is 9.77. The highest BCUT2D eigenvalue weighted by Gasteiger charge is 2.44. The van der Waals surface area contributed by atoms with Crippen LogP contribution in [0.4, 0.5) is 0 Å². The molecular weight excluding hydrogens is 200 g/mol. The smallest absolute Gasteiger partial charge is 0.0670 e. The van der Waals surface area contributed by atoms with Gasteiger partial charge in [-0.1, -0.05) is 6.92 Å². The van der Waals surface area contributed by atoms with E-state index in [2.05, 4.69) is 39.6 Å². The van der Waals surface area contributed by atoms with Crippen molar-refractivity contribution < 1.29 is 4.74 Å². The molecule has 2 unspecified atom stereocenters. The maximum absolute atomic E-state index is 6.06. The highest BCUT2D eigenvalue weighted by molar-refractivity contribution is 5.00. The molecule has 0 aromatic carbocycles. The van der Waals surface area contributed by atoms with Gasteiger partial charge in [0.15, 0.2) is 0 Å². The third kappa shape index (κ3) is 2.58. The Morgan fingerprint density at radius 1 is 1.44 bits per heavy atom. The predicted molar refractivity (Wildman–Crippen MR) is 68.6 cm³/mol. The SMILES string of the molecule is CCC1(C)CC(CN)(N(C)C(C)C)CCO1. The van der Waals surface area contributed by atoms with Crippen LogP contribution in [0.5, 0.6) is 0 Å². The van der Waals surface area contributed by atoms with Crippen LogP contribution < -0.4 is 5.73 Å². The largest absolute Gasteiger partial charge is 0.375 e. The Hall–Kier alpha value is -0.120. The molecule has 1 heterocycles. The standard InChI is InChI=1S/C13H28N2O/c1-6-12(4)9-13(10-14,7-8-16-12)15(5)11(2)3/h11H,6-10,14H2,1-5H3. The number of hydrogen-bond donors (Lipinski definition) is 1. The van der Waals surface area contributed by atoms with Crippen molar-refractivity contribution >= 4 is 0 Å². The molecule has 0 aliphatic carbocycles. The minimum atomic E-state index is 0.000764. The molecule has 1 rings (SSSR count). The van der Waals surface area contributed by atoms with E-state index in [-0.39, 0.29) is 11.1 Å². The molecule has 16 heavy (non-hydrogen) atoms. The van der Waals surface area contributed by atoms with E-state index < -0.39 is 0 Å². The van der Waals surface area contributed by atoms with Crippen LogP contribution in [0.1, 0.15) is 47.0 Å². The molecule has 3 nitrogen and oxygen atoms in total. The molecule has 0 spiro atoms. The van der Waals surface area contributed by atoms with Crippen molar-refractivity contribution in [2.45, 2.75) is 64.1 Å². The summed E-state index contributed by atoms with van der Waals surface area (Å²) in [5, 5.41) is 0. The van der Waals surface area contributed by atoms with Crippen LogP contribution in [0, 0.1) is 0 Å². The third-order valence-electron chi connectivity index (χ3n) is 4.37. The highest BCUT2D eigenvalue weighted by Crippen LogP contribution is 2.37. The van der Waals surface area contributed by atoms with Gasteiger partial charge in [0, 0.05) is 24.7 Å². The molecule has 2 N–H and O–H groups in total. The van der Waals surface area contributed by atoms with Gasteiger partial charge in [-0.05, 0) is 47.1 Å². The van der Waals surface area contributed by atoms with Gasteiger partial charge in [-0.15, -0.1) is 0 Å².